The van der Waals surface area contributed by atoms with E-state index in [2.05, 4.69) is 25.9 Å². The Labute approximate surface area is 183 Å². The molecule has 0 radical (unpaired) electrons. The van der Waals surface area contributed by atoms with Crippen molar-refractivity contribution >= 4 is 33.6 Å². The molecule has 4 heterocycles. The van der Waals surface area contributed by atoms with Crippen LogP contribution in [0.4, 0.5) is 5.69 Å². The summed E-state index contributed by atoms with van der Waals surface area (Å²) in [5.74, 6) is 1.68. The topological polar surface area (TPSA) is 70.0 Å². The lowest BCUT2D eigenvalue weighted by Crippen LogP contribution is -2.47. The zero-order chi connectivity index (χ0) is 20.7. The van der Waals surface area contributed by atoms with Crippen LogP contribution in [0, 0.1) is 0 Å². The van der Waals surface area contributed by atoms with E-state index in [1.54, 1.807) is 6.26 Å². The third kappa shape index (κ3) is 3.45. The van der Waals surface area contributed by atoms with Gasteiger partial charge in [-0.15, -0.1) is 5.10 Å². The van der Waals surface area contributed by atoms with Crippen LogP contribution in [0.3, 0.4) is 0 Å². The van der Waals surface area contributed by atoms with Crippen LogP contribution in [-0.2, 0) is 6.42 Å². The lowest BCUT2D eigenvalue weighted by molar-refractivity contribution is 0.191. The summed E-state index contributed by atoms with van der Waals surface area (Å²) in [5, 5.41) is 16.1. The molecule has 1 saturated heterocycles. The van der Waals surface area contributed by atoms with Crippen LogP contribution in [0.2, 0.25) is 5.02 Å². The van der Waals surface area contributed by atoms with Crippen LogP contribution in [0.5, 0.6) is 5.88 Å². The van der Waals surface area contributed by atoms with Crippen LogP contribution >= 0.6 is 22.9 Å². The average molecular weight is 444 g/mol. The number of hydrogen-bond acceptors (Lipinski definition) is 7. The van der Waals surface area contributed by atoms with Crippen LogP contribution in [0.1, 0.15) is 29.4 Å². The molecule has 1 aliphatic heterocycles. The fourth-order valence-electron chi connectivity index (χ4n) is 3.95. The molecule has 1 aromatic carbocycles. The Morgan fingerprint density at radius 1 is 1.20 bits per heavy atom. The number of fused-ring (bicyclic) bond motifs is 1. The minimum Gasteiger partial charge on any atom is -0.492 e. The summed E-state index contributed by atoms with van der Waals surface area (Å²) < 4.78 is 7.31. The van der Waals surface area contributed by atoms with E-state index in [1.807, 2.05) is 37.3 Å². The molecule has 0 aliphatic carbocycles. The van der Waals surface area contributed by atoms with Crippen molar-refractivity contribution in [3.8, 4) is 5.88 Å². The Bertz CT molecular complexity index is 1150. The highest BCUT2D eigenvalue weighted by Gasteiger charge is 2.33. The first-order chi connectivity index (χ1) is 14.6. The Kier molecular flexibility index (Phi) is 5.14. The maximum atomic E-state index is 10.9. The highest BCUT2D eigenvalue weighted by Crippen LogP contribution is 2.40. The smallest absolute Gasteiger partial charge is 0.230 e. The van der Waals surface area contributed by atoms with Gasteiger partial charge in [0.2, 0.25) is 10.8 Å². The number of benzene rings is 1. The largest absolute Gasteiger partial charge is 0.492 e. The van der Waals surface area contributed by atoms with Crippen molar-refractivity contribution in [1.82, 2.24) is 19.5 Å². The predicted molar refractivity (Wildman–Crippen MR) is 118 cm³/mol. The SMILES string of the molecule is CCc1nc2sc([C@@H](c3ccco3)N3CCN(c4cccc(Cl)c4)CC3)c(O)n2n1. The first-order valence-electron chi connectivity index (χ1n) is 9.99. The summed E-state index contributed by atoms with van der Waals surface area (Å²) in [6, 6.07) is 11.6. The number of furan rings is 1. The van der Waals surface area contributed by atoms with Crippen LogP contribution in [0.15, 0.2) is 47.1 Å². The van der Waals surface area contributed by atoms with Gasteiger partial charge < -0.3 is 14.4 Å². The summed E-state index contributed by atoms with van der Waals surface area (Å²) in [6.45, 7) is 5.37. The molecule has 7 nitrogen and oxygen atoms in total. The molecule has 156 valence electrons. The minimum absolute atomic E-state index is 0.140. The van der Waals surface area contributed by atoms with Gasteiger partial charge in [0.15, 0.2) is 5.82 Å². The second kappa shape index (κ2) is 7.94. The molecule has 0 spiro atoms. The lowest BCUT2D eigenvalue weighted by atomic mass is 10.1. The lowest BCUT2D eigenvalue weighted by Gasteiger charge is -2.39. The minimum atomic E-state index is -0.180. The second-order valence-corrected chi connectivity index (χ2v) is 8.73. The van der Waals surface area contributed by atoms with Crippen molar-refractivity contribution in [1.29, 1.82) is 0 Å². The number of hydrogen-bond donors (Lipinski definition) is 1. The molecule has 3 aromatic heterocycles. The van der Waals surface area contributed by atoms with Crippen molar-refractivity contribution < 1.29 is 9.52 Å². The van der Waals surface area contributed by atoms with E-state index in [1.165, 1.54) is 15.9 Å². The van der Waals surface area contributed by atoms with E-state index in [0.717, 1.165) is 59.8 Å². The molecule has 0 saturated carbocycles. The molecule has 1 fully saturated rings. The molecule has 0 unspecified atom stereocenters. The predicted octanol–water partition coefficient (Wildman–Crippen LogP) is 4.22. The maximum absolute atomic E-state index is 10.9. The van der Waals surface area contributed by atoms with Gasteiger partial charge in [-0.1, -0.05) is 35.9 Å². The van der Waals surface area contributed by atoms with Gasteiger partial charge in [0.1, 0.15) is 11.8 Å². The van der Waals surface area contributed by atoms with Gasteiger partial charge in [-0.25, -0.2) is 4.98 Å². The molecular weight excluding hydrogens is 422 g/mol. The standard InChI is InChI=1S/C21H22ClN5O2S/c1-2-17-23-21-27(24-17)20(28)19(30-21)18(16-7-4-12-29-16)26-10-8-25(9-11-26)15-6-3-5-14(22)13-15/h3-7,12-13,18,28H,2,8-11H2,1H3/t18-/m1/s1. The van der Waals surface area contributed by atoms with Crippen molar-refractivity contribution in [2.75, 3.05) is 31.1 Å². The van der Waals surface area contributed by atoms with E-state index < -0.39 is 0 Å². The summed E-state index contributed by atoms with van der Waals surface area (Å²) in [5.41, 5.74) is 1.13. The third-order valence-electron chi connectivity index (χ3n) is 5.47. The van der Waals surface area contributed by atoms with Crippen molar-refractivity contribution in [3.63, 3.8) is 0 Å². The van der Waals surface area contributed by atoms with E-state index in [4.69, 9.17) is 16.0 Å². The van der Waals surface area contributed by atoms with Gasteiger partial charge in [0, 0.05) is 43.3 Å². The summed E-state index contributed by atoms with van der Waals surface area (Å²) in [4.78, 5) is 10.7. The number of aryl methyl sites for hydroxylation is 1. The van der Waals surface area contributed by atoms with E-state index >= 15 is 0 Å². The second-order valence-electron chi connectivity index (χ2n) is 7.29. The fourth-order valence-corrected chi connectivity index (χ4v) is 5.25. The Morgan fingerprint density at radius 3 is 2.70 bits per heavy atom. The zero-order valence-electron chi connectivity index (χ0n) is 16.5. The van der Waals surface area contributed by atoms with Crippen molar-refractivity contribution in [2.24, 2.45) is 0 Å². The summed E-state index contributed by atoms with van der Waals surface area (Å²) in [7, 11) is 0. The van der Waals surface area contributed by atoms with Gasteiger partial charge in [0.25, 0.3) is 0 Å². The van der Waals surface area contributed by atoms with Crippen molar-refractivity contribution in [2.45, 2.75) is 19.4 Å². The molecule has 4 aromatic rings. The van der Waals surface area contributed by atoms with Crippen LogP contribution in [0.25, 0.3) is 4.96 Å². The van der Waals surface area contributed by atoms with E-state index in [-0.39, 0.29) is 11.9 Å². The number of thiazole rings is 1. The Balaban J connectivity index is 1.44. The number of rotatable bonds is 5. The molecular formula is C21H22ClN5O2S. The number of halogens is 1. The van der Waals surface area contributed by atoms with Gasteiger partial charge >= 0.3 is 0 Å². The zero-order valence-corrected chi connectivity index (χ0v) is 18.1. The van der Waals surface area contributed by atoms with Gasteiger partial charge in [0.05, 0.1) is 11.1 Å². The molecule has 30 heavy (non-hydrogen) atoms. The highest BCUT2D eigenvalue weighted by atomic mass is 35.5. The van der Waals surface area contributed by atoms with Gasteiger partial charge in [-0.05, 0) is 30.3 Å². The van der Waals surface area contributed by atoms with Crippen LogP contribution < -0.4 is 4.90 Å². The number of anilines is 1. The first kappa shape index (κ1) is 19.4. The summed E-state index contributed by atoms with van der Waals surface area (Å²) in [6.07, 6.45) is 2.41. The van der Waals surface area contributed by atoms with Gasteiger partial charge in [-0.3, -0.25) is 4.90 Å². The molecule has 0 bridgehead atoms. The fraction of sp³-hybridized carbons (Fsp3) is 0.333. The highest BCUT2D eigenvalue weighted by molar-refractivity contribution is 7.17. The molecule has 1 atom stereocenters. The maximum Gasteiger partial charge on any atom is 0.230 e. The number of aromatic hydroxyl groups is 1. The Morgan fingerprint density at radius 2 is 2.03 bits per heavy atom. The molecule has 9 heteroatoms. The number of aromatic nitrogens is 3. The Hall–Kier alpha value is -2.55. The van der Waals surface area contributed by atoms with E-state index in [9.17, 15) is 5.11 Å². The third-order valence-corrected chi connectivity index (χ3v) is 6.78. The first-order valence-corrected chi connectivity index (χ1v) is 11.2. The number of piperazine rings is 1. The average Bonchev–Trinajstić information content (AvgIpc) is 3.48. The van der Waals surface area contributed by atoms with Crippen molar-refractivity contribution in [3.05, 3.63) is 64.1 Å². The quantitative estimate of drug-likeness (QED) is 0.498. The monoisotopic (exact) mass is 443 g/mol. The van der Waals surface area contributed by atoms with Crippen LogP contribution in [-0.4, -0.2) is 50.8 Å². The number of nitrogens with zero attached hydrogens (tertiary/aromatic N) is 5. The summed E-state index contributed by atoms with van der Waals surface area (Å²) >= 11 is 7.63. The molecule has 0 amide bonds. The van der Waals surface area contributed by atoms with E-state index in [0.29, 0.717) is 4.96 Å². The molecule has 1 N–H and O–H groups in total. The van der Waals surface area contributed by atoms with Gasteiger partial charge in [-0.2, -0.15) is 4.52 Å². The normalized spacial score (nSPS) is 16.4. The molecule has 1 aliphatic rings. The molecule has 5 rings (SSSR count).